The summed E-state index contributed by atoms with van der Waals surface area (Å²) in [5.41, 5.74) is 4.96. The molecule has 0 fully saturated rings. The summed E-state index contributed by atoms with van der Waals surface area (Å²) in [6, 6.07) is 12.5. The maximum atomic E-state index is 6.11. The van der Waals surface area contributed by atoms with Gasteiger partial charge in [-0.15, -0.1) is 0 Å². The van der Waals surface area contributed by atoms with E-state index in [4.69, 9.17) is 16.3 Å². The van der Waals surface area contributed by atoms with Crippen molar-refractivity contribution >= 4 is 11.6 Å². The molecule has 0 bridgehead atoms. The van der Waals surface area contributed by atoms with Crippen LogP contribution in [0.25, 0.3) is 11.1 Å². The lowest BCUT2D eigenvalue weighted by Crippen LogP contribution is -2.06. The van der Waals surface area contributed by atoms with Gasteiger partial charge in [-0.25, -0.2) is 0 Å². The molecule has 0 spiro atoms. The fourth-order valence-electron chi connectivity index (χ4n) is 2.77. The van der Waals surface area contributed by atoms with Crippen molar-refractivity contribution in [3.63, 3.8) is 0 Å². The highest BCUT2D eigenvalue weighted by Crippen LogP contribution is 2.34. The van der Waals surface area contributed by atoms with Crippen LogP contribution in [0.5, 0.6) is 5.75 Å². The third-order valence-corrected chi connectivity index (χ3v) is 3.88. The Bertz CT molecular complexity index is 639. The third-order valence-electron chi connectivity index (χ3n) is 3.64. The van der Waals surface area contributed by atoms with E-state index in [1.165, 1.54) is 22.3 Å². The maximum absolute atomic E-state index is 6.11. The Kier molecular flexibility index (Phi) is 3.68. The van der Waals surface area contributed by atoms with Crippen LogP contribution < -0.4 is 10.1 Å². The number of nitrogens with one attached hydrogen (secondary N) is 1. The minimum absolute atomic E-state index is 0.280. The fourth-order valence-corrected chi connectivity index (χ4v) is 2.96. The summed E-state index contributed by atoms with van der Waals surface area (Å²) in [5.74, 6) is 1.02. The summed E-state index contributed by atoms with van der Waals surface area (Å²) >= 11 is 6.11. The summed E-state index contributed by atoms with van der Waals surface area (Å²) in [4.78, 5) is 0. The second-order valence-corrected chi connectivity index (χ2v) is 5.72. The van der Waals surface area contributed by atoms with Gasteiger partial charge in [0.2, 0.25) is 0 Å². The minimum Gasteiger partial charge on any atom is -0.490 e. The maximum Gasteiger partial charge on any atom is 0.123 e. The van der Waals surface area contributed by atoms with Crippen LogP contribution >= 0.6 is 11.6 Å². The van der Waals surface area contributed by atoms with E-state index in [1.807, 2.05) is 19.2 Å². The van der Waals surface area contributed by atoms with Crippen LogP contribution in [-0.2, 0) is 13.0 Å². The Hall–Kier alpha value is -1.51. The molecule has 20 heavy (non-hydrogen) atoms. The van der Waals surface area contributed by atoms with Gasteiger partial charge in [0.05, 0.1) is 0 Å². The lowest BCUT2D eigenvalue weighted by atomic mass is 9.97. The molecule has 0 aromatic heterocycles. The van der Waals surface area contributed by atoms with E-state index in [9.17, 15) is 0 Å². The largest absolute Gasteiger partial charge is 0.490 e. The zero-order chi connectivity index (χ0) is 14.1. The molecule has 0 aliphatic carbocycles. The molecule has 3 rings (SSSR count). The summed E-state index contributed by atoms with van der Waals surface area (Å²) in [6.07, 6.45) is 1.26. The number of rotatable bonds is 3. The topological polar surface area (TPSA) is 21.3 Å². The normalized spacial score (nSPS) is 16.9. The van der Waals surface area contributed by atoms with Crippen molar-refractivity contribution in [3.05, 3.63) is 52.5 Å². The number of halogens is 1. The van der Waals surface area contributed by atoms with Gasteiger partial charge in [0.25, 0.3) is 0 Å². The van der Waals surface area contributed by atoms with Gasteiger partial charge < -0.3 is 10.1 Å². The lowest BCUT2D eigenvalue weighted by molar-refractivity contribution is 0.254. The number of ether oxygens (including phenoxy) is 1. The molecule has 0 saturated heterocycles. The van der Waals surface area contributed by atoms with E-state index >= 15 is 0 Å². The molecule has 3 heteroatoms. The lowest BCUT2D eigenvalue weighted by Gasteiger charge is -2.11. The molecule has 0 saturated carbocycles. The standard InChI is InChI=1S/C17H18ClNO/c1-11-7-13-8-12(3-6-17(13)20-11)16-5-4-15(18)9-14(16)10-19-2/h3-6,8-9,11,19H,7,10H2,1-2H3. The van der Waals surface area contributed by atoms with Crippen LogP contribution in [0.15, 0.2) is 36.4 Å². The fraction of sp³-hybridized carbons (Fsp3) is 0.294. The van der Waals surface area contributed by atoms with Crippen molar-refractivity contribution in [2.24, 2.45) is 0 Å². The number of hydrogen-bond acceptors (Lipinski definition) is 2. The molecule has 104 valence electrons. The summed E-state index contributed by atoms with van der Waals surface area (Å²) in [5, 5.41) is 3.97. The van der Waals surface area contributed by atoms with Crippen LogP contribution in [0.4, 0.5) is 0 Å². The second kappa shape index (κ2) is 5.47. The van der Waals surface area contributed by atoms with Crippen molar-refractivity contribution in [3.8, 4) is 16.9 Å². The van der Waals surface area contributed by atoms with E-state index in [1.54, 1.807) is 0 Å². The Morgan fingerprint density at radius 2 is 2.10 bits per heavy atom. The van der Waals surface area contributed by atoms with Crippen molar-refractivity contribution in [2.45, 2.75) is 26.0 Å². The molecule has 2 nitrogen and oxygen atoms in total. The molecule has 1 heterocycles. The van der Waals surface area contributed by atoms with Gasteiger partial charge in [-0.3, -0.25) is 0 Å². The molecule has 2 aromatic rings. The number of benzene rings is 2. The Morgan fingerprint density at radius 1 is 1.25 bits per heavy atom. The summed E-state index contributed by atoms with van der Waals surface area (Å²) in [7, 11) is 1.95. The van der Waals surface area contributed by atoms with Gasteiger partial charge in [0.15, 0.2) is 0 Å². The quantitative estimate of drug-likeness (QED) is 0.919. The van der Waals surface area contributed by atoms with Crippen molar-refractivity contribution in [1.82, 2.24) is 5.32 Å². The summed E-state index contributed by atoms with van der Waals surface area (Å²) in [6.45, 7) is 2.91. The number of hydrogen-bond donors (Lipinski definition) is 1. The molecule has 0 amide bonds. The van der Waals surface area contributed by atoms with E-state index in [0.717, 1.165) is 23.7 Å². The van der Waals surface area contributed by atoms with Gasteiger partial charge >= 0.3 is 0 Å². The molecular weight excluding hydrogens is 270 g/mol. The second-order valence-electron chi connectivity index (χ2n) is 5.29. The van der Waals surface area contributed by atoms with Crippen LogP contribution in [-0.4, -0.2) is 13.2 Å². The Morgan fingerprint density at radius 3 is 2.90 bits per heavy atom. The molecule has 1 atom stereocenters. The van der Waals surface area contributed by atoms with Gasteiger partial charge in [-0.2, -0.15) is 0 Å². The molecule has 1 N–H and O–H groups in total. The molecule has 1 aliphatic heterocycles. The highest BCUT2D eigenvalue weighted by molar-refractivity contribution is 6.30. The third kappa shape index (κ3) is 2.54. The number of fused-ring (bicyclic) bond motifs is 1. The van der Waals surface area contributed by atoms with E-state index in [-0.39, 0.29) is 6.10 Å². The average molecular weight is 288 g/mol. The molecule has 0 radical (unpaired) electrons. The van der Waals surface area contributed by atoms with Crippen LogP contribution in [0.2, 0.25) is 5.02 Å². The SMILES string of the molecule is CNCc1cc(Cl)ccc1-c1ccc2c(c1)CC(C)O2. The molecular formula is C17H18ClNO. The first-order valence-electron chi connectivity index (χ1n) is 6.90. The van der Waals surface area contributed by atoms with Crippen molar-refractivity contribution < 1.29 is 4.74 Å². The van der Waals surface area contributed by atoms with E-state index in [2.05, 4.69) is 36.5 Å². The van der Waals surface area contributed by atoms with Crippen molar-refractivity contribution in [2.75, 3.05) is 7.05 Å². The van der Waals surface area contributed by atoms with Crippen molar-refractivity contribution in [1.29, 1.82) is 0 Å². The van der Waals surface area contributed by atoms with Gasteiger partial charge in [-0.05, 0) is 60.5 Å². The monoisotopic (exact) mass is 287 g/mol. The zero-order valence-electron chi connectivity index (χ0n) is 11.7. The highest BCUT2D eigenvalue weighted by Gasteiger charge is 2.19. The first-order valence-corrected chi connectivity index (χ1v) is 7.28. The smallest absolute Gasteiger partial charge is 0.123 e. The van der Waals surface area contributed by atoms with Gasteiger partial charge in [0, 0.05) is 18.0 Å². The van der Waals surface area contributed by atoms with Crippen LogP contribution in [0.3, 0.4) is 0 Å². The molecule has 1 aliphatic rings. The highest BCUT2D eigenvalue weighted by atomic mass is 35.5. The predicted octanol–water partition coefficient (Wildman–Crippen LogP) is 4.05. The molecule has 2 aromatic carbocycles. The van der Waals surface area contributed by atoms with Gasteiger partial charge in [0.1, 0.15) is 11.9 Å². The summed E-state index contributed by atoms with van der Waals surface area (Å²) < 4.78 is 5.76. The Labute approximate surface area is 124 Å². The predicted molar refractivity (Wildman–Crippen MR) is 83.4 cm³/mol. The van der Waals surface area contributed by atoms with Crippen LogP contribution in [0, 0.1) is 0 Å². The first-order chi connectivity index (χ1) is 9.67. The van der Waals surface area contributed by atoms with Gasteiger partial charge in [-0.1, -0.05) is 23.7 Å². The van der Waals surface area contributed by atoms with Crippen LogP contribution in [0.1, 0.15) is 18.1 Å². The average Bonchev–Trinajstić information content (AvgIpc) is 2.78. The minimum atomic E-state index is 0.280. The van der Waals surface area contributed by atoms with E-state index in [0.29, 0.717) is 0 Å². The molecule has 1 unspecified atom stereocenters. The first kappa shape index (κ1) is 13.5. The Balaban J connectivity index is 2.03. The van der Waals surface area contributed by atoms with E-state index < -0.39 is 0 Å². The zero-order valence-corrected chi connectivity index (χ0v) is 12.5.